The summed E-state index contributed by atoms with van der Waals surface area (Å²) in [5.41, 5.74) is 1.42. The van der Waals surface area contributed by atoms with E-state index in [4.69, 9.17) is 4.99 Å². The molecule has 2 unspecified atom stereocenters. The number of halogens is 3. The molecule has 2 fully saturated rings. The van der Waals surface area contributed by atoms with Crippen molar-refractivity contribution in [3.05, 3.63) is 0 Å². The summed E-state index contributed by atoms with van der Waals surface area (Å²) in [6.07, 6.45) is 3.74. The topological polar surface area (TPSA) is 30.9 Å². The number of nitrogens with zero attached hydrogens (tertiary/aromatic N) is 3. The molecule has 0 bridgehead atoms. The molecule has 2 aliphatic heterocycles. The van der Waals surface area contributed by atoms with Crippen LogP contribution in [0.5, 0.6) is 0 Å². The fourth-order valence-electron chi connectivity index (χ4n) is 5.41. The van der Waals surface area contributed by atoms with Crippen LogP contribution in [-0.2, 0) is 0 Å². The lowest BCUT2D eigenvalue weighted by atomic mass is 9.71. The van der Waals surface area contributed by atoms with E-state index in [-0.39, 0.29) is 12.2 Å². The fourth-order valence-corrected chi connectivity index (χ4v) is 5.41. The Kier molecular flexibility index (Phi) is 6.88. The molecule has 1 saturated heterocycles. The van der Waals surface area contributed by atoms with Crippen molar-refractivity contribution < 1.29 is 13.2 Å². The molecule has 2 heterocycles. The summed E-state index contributed by atoms with van der Waals surface area (Å²) in [7, 11) is 0. The van der Waals surface area contributed by atoms with E-state index in [9.17, 15) is 13.2 Å². The van der Waals surface area contributed by atoms with Crippen molar-refractivity contribution in [2.75, 3.05) is 19.6 Å². The van der Waals surface area contributed by atoms with E-state index < -0.39 is 17.0 Å². The Morgan fingerprint density at radius 1 is 1.17 bits per heavy atom. The quantitative estimate of drug-likeness (QED) is 0.549. The van der Waals surface area contributed by atoms with E-state index in [1.54, 1.807) is 0 Å². The van der Waals surface area contributed by atoms with Gasteiger partial charge in [0.15, 0.2) is 0 Å². The summed E-state index contributed by atoms with van der Waals surface area (Å²) < 4.78 is 40.6. The number of amidine groups is 1. The van der Waals surface area contributed by atoms with Gasteiger partial charge >= 0.3 is 6.18 Å². The summed E-state index contributed by atoms with van der Waals surface area (Å²) in [5, 5.41) is 2.18. The number of hydrazine groups is 1. The monoisotopic (exact) mass is 416 g/mol. The number of rotatable bonds is 9. The standard InChI is InChI=1S/C22H39F3N4/c1-5-18(10-9-11-20(3,4)21(12-13-21)22(23,24)25)29-17(2)26-19(27-29)16-28-14-7-6-8-15-28/h18-19,27H,5-16H2,1-4H3. The number of alkyl halides is 3. The van der Waals surface area contributed by atoms with Gasteiger partial charge in [-0.25, -0.2) is 10.4 Å². The van der Waals surface area contributed by atoms with Gasteiger partial charge in [0.1, 0.15) is 12.0 Å². The van der Waals surface area contributed by atoms with Crippen LogP contribution in [0.4, 0.5) is 13.2 Å². The molecule has 0 radical (unpaired) electrons. The summed E-state index contributed by atoms with van der Waals surface area (Å²) in [6, 6.07) is 0.280. The van der Waals surface area contributed by atoms with Crippen molar-refractivity contribution in [3.63, 3.8) is 0 Å². The second kappa shape index (κ2) is 8.74. The van der Waals surface area contributed by atoms with Gasteiger partial charge < -0.3 is 0 Å². The van der Waals surface area contributed by atoms with Gasteiger partial charge in [-0.1, -0.05) is 33.6 Å². The van der Waals surface area contributed by atoms with Gasteiger partial charge in [0.25, 0.3) is 0 Å². The van der Waals surface area contributed by atoms with Crippen molar-refractivity contribution in [3.8, 4) is 0 Å². The van der Waals surface area contributed by atoms with Crippen LogP contribution in [0.2, 0.25) is 0 Å². The van der Waals surface area contributed by atoms with Gasteiger partial charge in [0.2, 0.25) is 0 Å². The van der Waals surface area contributed by atoms with Crippen molar-refractivity contribution >= 4 is 5.84 Å². The Morgan fingerprint density at radius 2 is 1.83 bits per heavy atom. The van der Waals surface area contributed by atoms with Crippen LogP contribution in [0, 0.1) is 10.8 Å². The number of likely N-dealkylation sites (tertiary alicyclic amines) is 1. The van der Waals surface area contributed by atoms with Crippen LogP contribution >= 0.6 is 0 Å². The third-order valence-electron chi connectivity index (χ3n) is 7.62. The van der Waals surface area contributed by atoms with Gasteiger partial charge in [0.05, 0.1) is 5.41 Å². The van der Waals surface area contributed by atoms with Crippen LogP contribution in [0.3, 0.4) is 0 Å². The highest BCUT2D eigenvalue weighted by Gasteiger charge is 2.69. The Bertz CT molecular complexity index is 577. The highest BCUT2D eigenvalue weighted by atomic mass is 19.4. The average Bonchev–Trinajstić information content (AvgIpc) is 3.41. The van der Waals surface area contributed by atoms with E-state index in [1.165, 1.54) is 19.3 Å². The zero-order valence-electron chi connectivity index (χ0n) is 18.6. The first-order chi connectivity index (χ1) is 13.6. The minimum atomic E-state index is -4.08. The van der Waals surface area contributed by atoms with E-state index in [0.29, 0.717) is 19.3 Å². The molecule has 2 atom stereocenters. The second-order valence-corrected chi connectivity index (χ2v) is 9.97. The van der Waals surface area contributed by atoms with E-state index in [0.717, 1.165) is 44.7 Å². The van der Waals surface area contributed by atoms with Crippen molar-refractivity contribution in [2.45, 2.75) is 104 Å². The molecular formula is C22H39F3N4. The molecule has 0 aromatic heterocycles. The van der Waals surface area contributed by atoms with Crippen molar-refractivity contribution in [2.24, 2.45) is 15.8 Å². The molecule has 4 nitrogen and oxygen atoms in total. The number of nitrogens with one attached hydrogen (secondary N) is 1. The van der Waals surface area contributed by atoms with Gasteiger partial charge in [-0.3, -0.25) is 9.91 Å². The second-order valence-electron chi connectivity index (χ2n) is 9.97. The zero-order chi connectivity index (χ0) is 21.3. The first-order valence-corrected chi connectivity index (χ1v) is 11.5. The first-order valence-electron chi connectivity index (χ1n) is 11.5. The Labute approximate surface area is 174 Å². The molecule has 7 heteroatoms. The van der Waals surface area contributed by atoms with E-state index in [1.807, 2.05) is 20.8 Å². The Morgan fingerprint density at radius 3 is 2.38 bits per heavy atom. The lowest BCUT2D eigenvalue weighted by molar-refractivity contribution is -0.219. The molecule has 168 valence electrons. The predicted molar refractivity (Wildman–Crippen MR) is 112 cm³/mol. The largest absolute Gasteiger partial charge is 0.395 e. The SMILES string of the molecule is CCC(CCCC(C)(C)C1(C(F)(F)F)CC1)N1NC(CN2CCCCC2)N=C1C. The minimum absolute atomic E-state index is 0.0959. The molecule has 29 heavy (non-hydrogen) atoms. The molecule has 1 saturated carbocycles. The lowest BCUT2D eigenvalue weighted by Crippen LogP contribution is -2.49. The first kappa shape index (κ1) is 22.9. The average molecular weight is 417 g/mol. The maximum atomic E-state index is 13.5. The summed E-state index contributed by atoms with van der Waals surface area (Å²) in [4.78, 5) is 7.30. The molecule has 3 rings (SSSR count). The summed E-state index contributed by atoms with van der Waals surface area (Å²) in [6.45, 7) is 11.1. The molecule has 1 aliphatic carbocycles. The lowest BCUT2D eigenvalue weighted by Gasteiger charge is -2.37. The molecular weight excluding hydrogens is 377 g/mol. The van der Waals surface area contributed by atoms with Crippen LogP contribution in [0.25, 0.3) is 0 Å². The summed E-state index contributed by atoms with van der Waals surface area (Å²) >= 11 is 0. The third-order valence-corrected chi connectivity index (χ3v) is 7.62. The molecule has 3 aliphatic rings. The van der Waals surface area contributed by atoms with Gasteiger partial charge in [-0.05, 0) is 70.4 Å². The molecule has 0 amide bonds. The zero-order valence-corrected chi connectivity index (χ0v) is 18.6. The normalized spacial score (nSPS) is 26.5. The molecule has 0 spiro atoms. The van der Waals surface area contributed by atoms with Crippen LogP contribution in [-0.4, -0.2) is 53.8 Å². The van der Waals surface area contributed by atoms with Crippen LogP contribution in [0.15, 0.2) is 4.99 Å². The summed E-state index contributed by atoms with van der Waals surface area (Å²) in [5.74, 6) is 1.01. The van der Waals surface area contributed by atoms with Crippen LogP contribution in [0.1, 0.15) is 85.5 Å². The van der Waals surface area contributed by atoms with Crippen molar-refractivity contribution in [1.29, 1.82) is 0 Å². The number of hydrogen-bond donors (Lipinski definition) is 1. The smallest absolute Gasteiger partial charge is 0.300 e. The highest BCUT2D eigenvalue weighted by molar-refractivity contribution is 5.81. The highest BCUT2D eigenvalue weighted by Crippen LogP contribution is 2.68. The Hall–Kier alpha value is -0.820. The maximum Gasteiger partial charge on any atom is 0.395 e. The number of hydrogen-bond acceptors (Lipinski definition) is 4. The molecule has 1 N–H and O–H groups in total. The van der Waals surface area contributed by atoms with Crippen LogP contribution < -0.4 is 5.43 Å². The van der Waals surface area contributed by atoms with Gasteiger partial charge in [-0.15, -0.1) is 0 Å². The fraction of sp³-hybridized carbons (Fsp3) is 0.955. The van der Waals surface area contributed by atoms with E-state index >= 15 is 0 Å². The van der Waals surface area contributed by atoms with Crippen molar-refractivity contribution in [1.82, 2.24) is 15.3 Å². The molecule has 0 aromatic carbocycles. The van der Waals surface area contributed by atoms with Gasteiger partial charge in [0, 0.05) is 12.6 Å². The Balaban J connectivity index is 1.49. The molecule has 0 aromatic rings. The minimum Gasteiger partial charge on any atom is -0.300 e. The van der Waals surface area contributed by atoms with Gasteiger partial charge in [-0.2, -0.15) is 13.2 Å². The number of aliphatic imine (C=N–C) groups is 1. The number of piperidine rings is 1. The van der Waals surface area contributed by atoms with E-state index in [2.05, 4.69) is 22.3 Å². The predicted octanol–water partition coefficient (Wildman–Crippen LogP) is 5.35. The third kappa shape index (κ3) is 4.92. The maximum absolute atomic E-state index is 13.5.